The molecular weight excluding hydrogens is 475 g/mol. The summed E-state index contributed by atoms with van der Waals surface area (Å²) in [6, 6.07) is 15.9. The van der Waals surface area contributed by atoms with Gasteiger partial charge in [-0.25, -0.2) is 9.18 Å². The number of benzene rings is 3. The van der Waals surface area contributed by atoms with Crippen LogP contribution >= 0.6 is 11.8 Å². The number of carbonyl (C=O) groups excluding carboxylic acids is 3. The first-order valence-electron chi connectivity index (χ1n) is 10.4. The Labute approximate surface area is 204 Å². The number of esters is 1. The lowest BCUT2D eigenvalue weighted by atomic mass is 9.98. The highest BCUT2D eigenvalue weighted by Gasteiger charge is 2.23. The van der Waals surface area contributed by atoms with Crippen molar-refractivity contribution in [3.8, 4) is 0 Å². The highest BCUT2D eigenvalue weighted by molar-refractivity contribution is 7.98. The fraction of sp³-hybridized carbons (Fsp3) is 0.160. The molecule has 0 atom stereocenters. The molecule has 0 spiro atoms. The Bertz CT molecular complexity index is 1260. The smallest absolute Gasteiger partial charge is 0.339 e. The van der Waals surface area contributed by atoms with E-state index >= 15 is 0 Å². The molecular formula is C25H21FN2O6S. The molecule has 8 nitrogen and oxygen atoms in total. The van der Waals surface area contributed by atoms with Crippen molar-refractivity contribution in [3.63, 3.8) is 0 Å². The van der Waals surface area contributed by atoms with Gasteiger partial charge >= 0.3 is 5.97 Å². The van der Waals surface area contributed by atoms with Crippen molar-refractivity contribution in [2.45, 2.75) is 11.3 Å². The Kier molecular flexibility index (Phi) is 8.69. The van der Waals surface area contributed by atoms with Gasteiger partial charge in [-0.05, 0) is 48.6 Å². The standard InChI is InChI=1S/C25H21FN2O6S/c1-35-22-11-8-17(14-21(22)28(32)33)24(30)19-4-2-3-5-20(19)25(31)34-15-23(29)27-13-12-16-6-9-18(26)10-7-16/h2-11,14H,12-13,15H2,1H3,(H,27,29). The molecule has 0 aliphatic rings. The molecule has 0 unspecified atom stereocenters. The van der Waals surface area contributed by atoms with E-state index in [4.69, 9.17) is 4.74 Å². The monoisotopic (exact) mass is 496 g/mol. The molecule has 0 aliphatic carbocycles. The van der Waals surface area contributed by atoms with Crippen LogP contribution < -0.4 is 5.32 Å². The highest BCUT2D eigenvalue weighted by atomic mass is 32.2. The van der Waals surface area contributed by atoms with Crippen molar-refractivity contribution in [1.82, 2.24) is 5.32 Å². The van der Waals surface area contributed by atoms with Crippen LogP contribution in [0.2, 0.25) is 0 Å². The summed E-state index contributed by atoms with van der Waals surface area (Å²) < 4.78 is 18.0. The number of halogens is 1. The molecule has 3 aromatic carbocycles. The van der Waals surface area contributed by atoms with Crippen LogP contribution in [0.3, 0.4) is 0 Å². The van der Waals surface area contributed by atoms with Crippen LogP contribution in [0.5, 0.6) is 0 Å². The fourth-order valence-electron chi connectivity index (χ4n) is 3.25. The first-order chi connectivity index (χ1) is 16.8. The van der Waals surface area contributed by atoms with Crippen LogP contribution in [-0.4, -0.2) is 42.0 Å². The van der Waals surface area contributed by atoms with E-state index in [9.17, 15) is 28.9 Å². The lowest BCUT2D eigenvalue weighted by Gasteiger charge is -2.10. The zero-order valence-corrected chi connectivity index (χ0v) is 19.5. The predicted molar refractivity (Wildman–Crippen MR) is 128 cm³/mol. The zero-order chi connectivity index (χ0) is 25.4. The van der Waals surface area contributed by atoms with E-state index in [2.05, 4.69) is 5.32 Å². The van der Waals surface area contributed by atoms with Crippen LogP contribution in [0.1, 0.15) is 31.8 Å². The minimum atomic E-state index is -0.877. The average Bonchev–Trinajstić information content (AvgIpc) is 2.87. The maximum atomic E-state index is 13.0. The van der Waals surface area contributed by atoms with Crippen molar-refractivity contribution in [2.24, 2.45) is 0 Å². The molecule has 1 amide bonds. The average molecular weight is 497 g/mol. The van der Waals surface area contributed by atoms with Crippen LogP contribution in [-0.2, 0) is 16.0 Å². The molecule has 0 heterocycles. The Morgan fingerprint density at radius 3 is 2.37 bits per heavy atom. The highest BCUT2D eigenvalue weighted by Crippen LogP contribution is 2.29. The van der Waals surface area contributed by atoms with Gasteiger partial charge in [-0.2, -0.15) is 0 Å². The van der Waals surface area contributed by atoms with Crippen LogP contribution in [0.25, 0.3) is 0 Å². The number of hydrogen-bond acceptors (Lipinski definition) is 7. The Morgan fingerprint density at radius 2 is 1.71 bits per heavy atom. The lowest BCUT2D eigenvalue weighted by molar-refractivity contribution is -0.387. The molecule has 35 heavy (non-hydrogen) atoms. The number of ether oxygens (including phenoxy) is 1. The maximum absolute atomic E-state index is 13.0. The van der Waals surface area contributed by atoms with Gasteiger partial charge in [0.25, 0.3) is 11.6 Å². The van der Waals surface area contributed by atoms with E-state index in [0.717, 1.165) is 5.56 Å². The van der Waals surface area contributed by atoms with Gasteiger partial charge in [-0.1, -0.05) is 30.3 Å². The molecule has 0 bridgehead atoms. The normalized spacial score (nSPS) is 10.5. The first-order valence-corrected chi connectivity index (χ1v) is 11.7. The second kappa shape index (κ2) is 11.9. The van der Waals surface area contributed by atoms with Crippen molar-refractivity contribution in [2.75, 3.05) is 19.4 Å². The number of nitro benzene ring substituents is 1. The SMILES string of the molecule is CSc1ccc(C(=O)c2ccccc2C(=O)OCC(=O)NCCc2ccc(F)cc2)cc1[N+](=O)[O-]. The van der Waals surface area contributed by atoms with Gasteiger partial charge in [0.05, 0.1) is 15.4 Å². The molecule has 0 fully saturated rings. The molecule has 0 saturated carbocycles. The summed E-state index contributed by atoms with van der Waals surface area (Å²) in [5.74, 6) is -2.35. The zero-order valence-electron chi connectivity index (χ0n) is 18.7. The van der Waals surface area contributed by atoms with Gasteiger partial charge in [0.2, 0.25) is 0 Å². The van der Waals surface area contributed by atoms with E-state index in [1.807, 2.05) is 0 Å². The van der Waals surface area contributed by atoms with E-state index < -0.39 is 29.2 Å². The molecule has 0 radical (unpaired) electrons. The quantitative estimate of drug-likeness (QED) is 0.147. The molecule has 3 rings (SSSR count). The third kappa shape index (κ3) is 6.73. The van der Waals surface area contributed by atoms with Crippen molar-refractivity contribution < 1.29 is 28.4 Å². The van der Waals surface area contributed by atoms with Gasteiger partial charge in [0.1, 0.15) is 5.82 Å². The Hall–Kier alpha value is -4.05. The maximum Gasteiger partial charge on any atom is 0.339 e. The minimum absolute atomic E-state index is 0.000387. The number of hydrogen-bond donors (Lipinski definition) is 1. The molecule has 0 saturated heterocycles. The van der Waals surface area contributed by atoms with E-state index in [1.54, 1.807) is 24.5 Å². The largest absolute Gasteiger partial charge is 0.452 e. The van der Waals surface area contributed by atoms with Crippen molar-refractivity contribution in [3.05, 3.63) is 105 Å². The van der Waals surface area contributed by atoms with Crippen molar-refractivity contribution in [1.29, 1.82) is 0 Å². The van der Waals surface area contributed by atoms with E-state index in [-0.39, 0.29) is 34.7 Å². The van der Waals surface area contributed by atoms with Gasteiger partial charge in [-0.15, -0.1) is 11.8 Å². The fourth-order valence-corrected chi connectivity index (χ4v) is 3.79. The molecule has 10 heteroatoms. The van der Waals surface area contributed by atoms with Gasteiger partial charge in [0, 0.05) is 23.7 Å². The summed E-state index contributed by atoms with van der Waals surface area (Å²) in [6.07, 6.45) is 2.16. The van der Waals surface area contributed by atoms with E-state index in [0.29, 0.717) is 11.3 Å². The number of carbonyl (C=O) groups is 3. The summed E-state index contributed by atoms with van der Waals surface area (Å²) >= 11 is 1.18. The number of rotatable bonds is 10. The Morgan fingerprint density at radius 1 is 1.03 bits per heavy atom. The van der Waals surface area contributed by atoms with Crippen LogP contribution in [0.15, 0.2) is 71.6 Å². The third-order valence-corrected chi connectivity index (χ3v) is 5.80. The topological polar surface area (TPSA) is 116 Å². The van der Waals surface area contributed by atoms with Crippen molar-refractivity contribution >= 4 is 35.1 Å². The molecule has 3 aromatic rings. The summed E-state index contributed by atoms with van der Waals surface area (Å²) in [4.78, 5) is 48.9. The molecule has 1 N–H and O–H groups in total. The molecule has 180 valence electrons. The van der Waals surface area contributed by atoms with E-state index in [1.165, 1.54) is 60.3 Å². The molecule has 0 aliphatic heterocycles. The third-order valence-electron chi connectivity index (χ3n) is 5.01. The number of nitrogens with one attached hydrogen (secondary N) is 1. The summed E-state index contributed by atoms with van der Waals surface area (Å²) in [7, 11) is 0. The lowest BCUT2D eigenvalue weighted by Crippen LogP contribution is -2.30. The first kappa shape index (κ1) is 25.6. The van der Waals surface area contributed by atoms with Gasteiger partial charge < -0.3 is 10.1 Å². The molecule has 0 aromatic heterocycles. The summed E-state index contributed by atoms with van der Waals surface area (Å²) in [6.45, 7) is -0.291. The predicted octanol–water partition coefficient (Wildman–Crippen LogP) is 4.20. The second-order valence-electron chi connectivity index (χ2n) is 7.32. The van der Waals surface area contributed by atoms with Gasteiger partial charge in [-0.3, -0.25) is 19.7 Å². The summed E-state index contributed by atoms with van der Waals surface area (Å²) in [5, 5.41) is 13.9. The van der Waals surface area contributed by atoms with Gasteiger partial charge in [0.15, 0.2) is 12.4 Å². The Balaban J connectivity index is 1.64. The van der Waals surface area contributed by atoms with Crippen LogP contribution in [0.4, 0.5) is 10.1 Å². The number of thioether (sulfide) groups is 1. The number of nitro groups is 1. The van der Waals surface area contributed by atoms with Crippen LogP contribution in [0, 0.1) is 15.9 Å². The second-order valence-corrected chi connectivity index (χ2v) is 8.17. The summed E-state index contributed by atoms with van der Waals surface area (Å²) in [5.41, 5.74) is 0.615. The number of amides is 1. The number of ketones is 1. The number of nitrogens with zero attached hydrogens (tertiary/aromatic N) is 1. The minimum Gasteiger partial charge on any atom is -0.452 e.